The van der Waals surface area contributed by atoms with Crippen LogP contribution < -0.4 is 0 Å². The highest BCUT2D eigenvalue weighted by molar-refractivity contribution is 7.10. The summed E-state index contributed by atoms with van der Waals surface area (Å²) in [7, 11) is 0. The lowest BCUT2D eigenvalue weighted by molar-refractivity contribution is 0.213. The Labute approximate surface area is 129 Å². The second-order valence-electron chi connectivity index (χ2n) is 4.91. The second kappa shape index (κ2) is 7.79. The summed E-state index contributed by atoms with van der Waals surface area (Å²) in [5.41, 5.74) is 2.48. The Kier molecular flexibility index (Phi) is 6.05. The van der Waals surface area contributed by atoms with E-state index < -0.39 is 0 Å². The molecule has 0 aliphatic carbocycles. The Morgan fingerprint density at radius 3 is 2.65 bits per heavy atom. The first-order valence-electron chi connectivity index (χ1n) is 6.80. The fourth-order valence-electron chi connectivity index (χ4n) is 2.15. The molecular formula is C16H20ClNOS. The van der Waals surface area contributed by atoms with Crippen molar-refractivity contribution in [2.45, 2.75) is 26.4 Å². The van der Waals surface area contributed by atoms with Gasteiger partial charge in [0.2, 0.25) is 0 Å². The zero-order valence-corrected chi connectivity index (χ0v) is 13.3. The Balaban J connectivity index is 2.07. The molecule has 20 heavy (non-hydrogen) atoms. The van der Waals surface area contributed by atoms with E-state index in [2.05, 4.69) is 29.3 Å². The summed E-state index contributed by atoms with van der Waals surface area (Å²) < 4.78 is 0. The SMILES string of the molecule is Cc1ccsc1CN(CCCO)Cc1ccccc1Cl. The van der Waals surface area contributed by atoms with E-state index in [4.69, 9.17) is 16.7 Å². The van der Waals surface area contributed by atoms with Gasteiger partial charge in [-0.15, -0.1) is 11.3 Å². The number of hydrogen-bond donors (Lipinski definition) is 1. The van der Waals surface area contributed by atoms with Gasteiger partial charge in [-0.25, -0.2) is 0 Å². The molecule has 4 heteroatoms. The number of aryl methyl sites for hydroxylation is 1. The lowest BCUT2D eigenvalue weighted by Gasteiger charge is -2.22. The highest BCUT2D eigenvalue weighted by Crippen LogP contribution is 2.22. The van der Waals surface area contributed by atoms with Crippen LogP contribution in [0.25, 0.3) is 0 Å². The van der Waals surface area contributed by atoms with Crippen molar-refractivity contribution in [2.24, 2.45) is 0 Å². The smallest absolute Gasteiger partial charge is 0.0451 e. The molecular weight excluding hydrogens is 290 g/mol. The first kappa shape index (κ1) is 15.5. The molecule has 2 aromatic rings. The predicted molar refractivity (Wildman–Crippen MR) is 86.3 cm³/mol. The van der Waals surface area contributed by atoms with E-state index in [0.29, 0.717) is 0 Å². The molecule has 0 aliphatic rings. The number of hydrogen-bond acceptors (Lipinski definition) is 3. The van der Waals surface area contributed by atoms with Gasteiger partial charge in [-0.2, -0.15) is 0 Å². The molecule has 0 spiro atoms. The van der Waals surface area contributed by atoms with Gasteiger partial charge >= 0.3 is 0 Å². The van der Waals surface area contributed by atoms with Gasteiger partial charge in [-0.1, -0.05) is 29.8 Å². The van der Waals surface area contributed by atoms with Gasteiger partial charge in [0.1, 0.15) is 0 Å². The maximum atomic E-state index is 9.07. The van der Waals surface area contributed by atoms with Crippen molar-refractivity contribution < 1.29 is 5.11 Å². The summed E-state index contributed by atoms with van der Waals surface area (Å²) in [5, 5.41) is 12.0. The number of halogens is 1. The van der Waals surface area contributed by atoms with Crippen molar-refractivity contribution in [3.05, 3.63) is 56.7 Å². The fraction of sp³-hybridized carbons (Fsp3) is 0.375. The van der Waals surface area contributed by atoms with Crippen LogP contribution in [0.4, 0.5) is 0 Å². The molecule has 0 radical (unpaired) electrons. The van der Waals surface area contributed by atoms with Gasteiger partial charge in [0, 0.05) is 36.1 Å². The van der Waals surface area contributed by atoms with E-state index in [9.17, 15) is 0 Å². The molecule has 1 heterocycles. The molecule has 0 aliphatic heterocycles. The van der Waals surface area contributed by atoms with Crippen LogP contribution in [0.3, 0.4) is 0 Å². The minimum Gasteiger partial charge on any atom is -0.396 e. The van der Waals surface area contributed by atoms with Crippen LogP contribution in [0.1, 0.15) is 22.4 Å². The van der Waals surface area contributed by atoms with Crippen LogP contribution in [-0.4, -0.2) is 23.2 Å². The van der Waals surface area contributed by atoms with Crippen molar-refractivity contribution in [1.82, 2.24) is 4.90 Å². The average molecular weight is 310 g/mol. The average Bonchev–Trinajstić information content (AvgIpc) is 2.84. The maximum absolute atomic E-state index is 9.07. The Morgan fingerprint density at radius 2 is 2.00 bits per heavy atom. The van der Waals surface area contributed by atoms with Crippen LogP contribution in [0, 0.1) is 6.92 Å². The van der Waals surface area contributed by atoms with E-state index in [1.165, 1.54) is 10.4 Å². The van der Waals surface area contributed by atoms with E-state index in [-0.39, 0.29) is 6.61 Å². The molecule has 0 saturated heterocycles. The summed E-state index contributed by atoms with van der Waals surface area (Å²) in [6, 6.07) is 10.1. The zero-order chi connectivity index (χ0) is 14.4. The topological polar surface area (TPSA) is 23.5 Å². The van der Waals surface area contributed by atoms with E-state index in [0.717, 1.165) is 36.6 Å². The summed E-state index contributed by atoms with van der Waals surface area (Å²) >= 11 is 8.03. The second-order valence-corrected chi connectivity index (χ2v) is 6.31. The number of thiophene rings is 1. The quantitative estimate of drug-likeness (QED) is 0.832. The molecule has 2 nitrogen and oxygen atoms in total. The largest absolute Gasteiger partial charge is 0.396 e. The molecule has 1 aromatic heterocycles. The number of aliphatic hydroxyl groups is 1. The van der Waals surface area contributed by atoms with Crippen molar-refractivity contribution in [1.29, 1.82) is 0 Å². The van der Waals surface area contributed by atoms with Crippen molar-refractivity contribution in [3.63, 3.8) is 0 Å². The van der Waals surface area contributed by atoms with Crippen molar-refractivity contribution >= 4 is 22.9 Å². The third kappa shape index (κ3) is 4.32. The van der Waals surface area contributed by atoms with Crippen LogP contribution in [0.2, 0.25) is 5.02 Å². The van der Waals surface area contributed by atoms with Gasteiger partial charge in [-0.3, -0.25) is 4.90 Å². The highest BCUT2D eigenvalue weighted by atomic mass is 35.5. The van der Waals surface area contributed by atoms with E-state index >= 15 is 0 Å². The number of aliphatic hydroxyl groups excluding tert-OH is 1. The third-order valence-electron chi connectivity index (χ3n) is 3.32. The van der Waals surface area contributed by atoms with Gasteiger partial charge in [-0.05, 0) is 42.0 Å². The minimum atomic E-state index is 0.225. The Bertz CT molecular complexity index is 541. The fourth-order valence-corrected chi connectivity index (χ4v) is 3.29. The Morgan fingerprint density at radius 1 is 1.20 bits per heavy atom. The molecule has 0 saturated carbocycles. The van der Waals surface area contributed by atoms with Crippen LogP contribution in [0.15, 0.2) is 35.7 Å². The number of benzene rings is 1. The normalized spacial score (nSPS) is 11.2. The number of rotatable bonds is 7. The first-order valence-corrected chi connectivity index (χ1v) is 8.06. The summed E-state index contributed by atoms with van der Waals surface area (Å²) in [6.45, 7) is 4.97. The summed E-state index contributed by atoms with van der Waals surface area (Å²) in [5.74, 6) is 0. The lowest BCUT2D eigenvalue weighted by atomic mass is 10.2. The van der Waals surface area contributed by atoms with Crippen LogP contribution in [-0.2, 0) is 13.1 Å². The summed E-state index contributed by atoms with van der Waals surface area (Å²) in [4.78, 5) is 3.73. The monoisotopic (exact) mass is 309 g/mol. The molecule has 0 fully saturated rings. The third-order valence-corrected chi connectivity index (χ3v) is 4.70. The molecule has 1 N–H and O–H groups in total. The van der Waals surface area contributed by atoms with Gasteiger partial charge in [0.15, 0.2) is 0 Å². The molecule has 2 rings (SSSR count). The van der Waals surface area contributed by atoms with Crippen LogP contribution >= 0.6 is 22.9 Å². The molecule has 0 atom stereocenters. The van der Waals surface area contributed by atoms with Crippen LogP contribution in [0.5, 0.6) is 0 Å². The minimum absolute atomic E-state index is 0.225. The van der Waals surface area contributed by atoms with Crippen molar-refractivity contribution in [2.75, 3.05) is 13.2 Å². The molecule has 0 unspecified atom stereocenters. The predicted octanol–water partition coefficient (Wildman–Crippen LogP) is 4.09. The zero-order valence-electron chi connectivity index (χ0n) is 11.7. The molecule has 0 amide bonds. The standard InChI is InChI=1S/C16H20ClNOS/c1-13-7-10-20-16(13)12-18(8-4-9-19)11-14-5-2-3-6-15(14)17/h2-3,5-7,10,19H,4,8-9,11-12H2,1H3. The molecule has 0 bridgehead atoms. The molecule has 108 valence electrons. The summed E-state index contributed by atoms with van der Waals surface area (Å²) in [6.07, 6.45) is 0.787. The van der Waals surface area contributed by atoms with E-state index in [1.807, 2.05) is 18.2 Å². The van der Waals surface area contributed by atoms with Crippen molar-refractivity contribution in [3.8, 4) is 0 Å². The van der Waals surface area contributed by atoms with Gasteiger partial charge in [0.05, 0.1) is 0 Å². The number of nitrogens with zero attached hydrogens (tertiary/aromatic N) is 1. The highest BCUT2D eigenvalue weighted by Gasteiger charge is 2.11. The van der Waals surface area contributed by atoms with Gasteiger partial charge in [0.25, 0.3) is 0 Å². The Hall–Kier alpha value is -0.870. The van der Waals surface area contributed by atoms with Gasteiger partial charge < -0.3 is 5.11 Å². The first-order chi connectivity index (χ1) is 9.70. The lowest BCUT2D eigenvalue weighted by Crippen LogP contribution is -2.24. The molecule has 1 aromatic carbocycles. The maximum Gasteiger partial charge on any atom is 0.0451 e. The van der Waals surface area contributed by atoms with E-state index in [1.54, 1.807) is 11.3 Å².